The number of hydrogen-bond acceptors (Lipinski definition) is 5. The van der Waals surface area contributed by atoms with E-state index in [0.29, 0.717) is 17.5 Å². The van der Waals surface area contributed by atoms with Crippen LogP contribution in [0.5, 0.6) is 0 Å². The lowest BCUT2D eigenvalue weighted by molar-refractivity contribution is 1.07. The standard InChI is InChI=1S/C48H33N5/c49-42-20-9-17-38(29-42)37-16-8-19-40(28-37)48-52-46(34-13-5-2-6-14-34)51-47(53-48)35-25-23-33(24-26-35)41-30-44-43(21-10-22-45(44)50-31-41)39-18-7-15-36(27-39)32-11-3-1-4-12-32/h1-31H,49H2. The molecule has 0 bridgehead atoms. The smallest absolute Gasteiger partial charge is 0.164 e. The van der Waals surface area contributed by atoms with Crippen molar-refractivity contribution in [1.82, 2.24) is 19.9 Å². The van der Waals surface area contributed by atoms with E-state index in [4.69, 9.17) is 25.7 Å². The summed E-state index contributed by atoms with van der Waals surface area (Å²) in [5.41, 5.74) is 19.4. The summed E-state index contributed by atoms with van der Waals surface area (Å²) in [5, 5.41) is 1.11. The fourth-order valence-corrected chi connectivity index (χ4v) is 6.77. The molecule has 0 radical (unpaired) electrons. The summed E-state index contributed by atoms with van der Waals surface area (Å²) in [6.45, 7) is 0. The number of fused-ring (bicyclic) bond motifs is 1. The molecule has 250 valence electrons. The second-order valence-electron chi connectivity index (χ2n) is 13.0. The predicted octanol–water partition coefficient (Wildman–Crippen LogP) is 11.7. The lowest BCUT2D eigenvalue weighted by atomic mass is 9.95. The molecule has 0 saturated heterocycles. The maximum absolute atomic E-state index is 6.10. The first-order chi connectivity index (χ1) is 26.1. The van der Waals surface area contributed by atoms with E-state index in [9.17, 15) is 0 Å². The Morgan fingerprint density at radius 2 is 0.792 bits per heavy atom. The molecule has 7 aromatic carbocycles. The van der Waals surface area contributed by atoms with Gasteiger partial charge in [-0.1, -0.05) is 146 Å². The molecule has 0 aliphatic heterocycles. The highest BCUT2D eigenvalue weighted by Crippen LogP contribution is 2.34. The van der Waals surface area contributed by atoms with Crippen LogP contribution in [0.3, 0.4) is 0 Å². The molecule has 0 amide bonds. The van der Waals surface area contributed by atoms with E-state index in [2.05, 4.69) is 115 Å². The normalized spacial score (nSPS) is 11.1. The van der Waals surface area contributed by atoms with Crippen molar-refractivity contribution in [3.8, 4) is 78.7 Å². The summed E-state index contributed by atoms with van der Waals surface area (Å²) in [6, 6.07) is 62.3. The van der Waals surface area contributed by atoms with Gasteiger partial charge in [-0.3, -0.25) is 4.98 Å². The van der Waals surface area contributed by atoms with Gasteiger partial charge in [-0.05, 0) is 75.3 Å². The van der Waals surface area contributed by atoms with Crippen molar-refractivity contribution in [2.24, 2.45) is 0 Å². The molecular formula is C48H33N5. The summed E-state index contributed by atoms with van der Waals surface area (Å²) in [4.78, 5) is 19.8. The van der Waals surface area contributed by atoms with Gasteiger partial charge in [-0.25, -0.2) is 15.0 Å². The van der Waals surface area contributed by atoms with Crippen LogP contribution in [0, 0.1) is 0 Å². The number of nitrogen functional groups attached to an aromatic ring is 1. The summed E-state index contributed by atoms with van der Waals surface area (Å²) in [5.74, 6) is 1.82. The Kier molecular flexibility index (Phi) is 8.27. The molecule has 2 aromatic heterocycles. The van der Waals surface area contributed by atoms with Crippen LogP contribution < -0.4 is 5.73 Å². The molecule has 5 nitrogen and oxygen atoms in total. The van der Waals surface area contributed by atoms with Crippen LogP contribution in [0.2, 0.25) is 0 Å². The molecule has 2 heterocycles. The van der Waals surface area contributed by atoms with Crippen LogP contribution in [0.1, 0.15) is 0 Å². The Bertz CT molecular complexity index is 2720. The maximum Gasteiger partial charge on any atom is 0.164 e. The maximum atomic E-state index is 6.10. The molecular weight excluding hydrogens is 647 g/mol. The Labute approximate surface area is 308 Å². The van der Waals surface area contributed by atoms with Crippen LogP contribution in [0.25, 0.3) is 89.6 Å². The molecule has 5 heteroatoms. The van der Waals surface area contributed by atoms with Gasteiger partial charge in [0.2, 0.25) is 0 Å². The molecule has 0 saturated carbocycles. The van der Waals surface area contributed by atoms with Gasteiger partial charge >= 0.3 is 0 Å². The van der Waals surface area contributed by atoms with Gasteiger partial charge in [0.25, 0.3) is 0 Å². The number of rotatable bonds is 7. The predicted molar refractivity (Wildman–Crippen MR) is 218 cm³/mol. The summed E-state index contributed by atoms with van der Waals surface area (Å²) in [7, 11) is 0. The van der Waals surface area contributed by atoms with Gasteiger partial charge in [-0.2, -0.15) is 0 Å². The van der Waals surface area contributed by atoms with Crippen molar-refractivity contribution >= 4 is 16.6 Å². The molecule has 0 unspecified atom stereocenters. The molecule has 9 rings (SSSR count). The van der Waals surface area contributed by atoms with E-state index in [-0.39, 0.29) is 0 Å². The number of hydrogen-bond donors (Lipinski definition) is 1. The number of benzene rings is 7. The monoisotopic (exact) mass is 679 g/mol. The largest absolute Gasteiger partial charge is 0.399 e. The number of nitrogens with two attached hydrogens (primary N) is 1. The molecule has 0 aliphatic carbocycles. The van der Waals surface area contributed by atoms with E-state index in [1.54, 1.807) is 0 Å². The Morgan fingerprint density at radius 1 is 0.321 bits per heavy atom. The van der Waals surface area contributed by atoms with Crippen molar-refractivity contribution in [1.29, 1.82) is 0 Å². The lowest BCUT2D eigenvalue weighted by Crippen LogP contribution is -2.00. The highest BCUT2D eigenvalue weighted by molar-refractivity contribution is 5.97. The Morgan fingerprint density at radius 3 is 1.49 bits per heavy atom. The van der Waals surface area contributed by atoms with Gasteiger partial charge in [0.05, 0.1) is 5.52 Å². The van der Waals surface area contributed by atoms with E-state index in [1.165, 1.54) is 11.1 Å². The number of nitrogens with zero attached hydrogens (tertiary/aromatic N) is 4. The molecule has 2 N–H and O–H groups in total. The van der Waals surface area contributed by atoms with Crippen LogP contribution >= 0.6 is 0 Å². The van der Waals surface area contributed by atoms with E-state index in [0.717, 1.165) is 66.7 Å². The topological polar surface area (TPSA) is 77.6 Å². The van der Waals surface area contributed by atoms with Crippen molar-refractivity contribution in [2.75, 3.05) is 5.73 Å². The third-order valence-corrected chi connectivity index (χ3v) is 9.49. The summed E-state index contributed by atoms with van der Waals surface area (Å²) >= 11 is 0. The number of pyridine rings is 1. The van der Waals surface area contributed by atoms with Gasteiger partial charge in [-0.15, -0.1) is 0 Å². The number of aromatic nitrogens is 4. The van der Waals surface area contributed by atoms with E-state index in [1.807, 2.05) is 72.9 Å². The van der Waals surface area contributed by atoms with Crippen LogP contribution in [-0.2, 0) is 0 Å². The first kappa shape index (κ1) is 31.7. The van der Waals surface area contributed by atoms with Crippen molar-refractivity contribution in [2.45, 2.75) is 0 Å². The Hall–Kier alpha value is -7.24. The lowest BCUT2D eigenvalue weighted by Gasteiger charge is -2.11. The van der Waals surface area contributed by atoms with Gasteiger partial charge < -0.3 is 5.73 Å². The summed E-state index contributed by atoms with van der Waals surface area (Å²) < 4.78 is 0. The second kappa shape index (κ2) is 13.8. The fraction of sp³-hybridized carbons (Fsp3) is 0. The molecule has 0 fully saturated rings. The highest BCUT2D eigenvalue weighted by atomic mass is 15.0. The third kappa shape index (κ3) is 6.55. The van der Waals surface area contributed by atoms with Crippen molar-refractivity contribution < 1.29 is 0 Å². The second-order valence-corrected chi connectivity index (χ2v) is 13.0. The average Bonchev–Trinajstić information content (AvgIpc) is 3.24. The van der Waals surface area contributed by atoms with Crippen LogP contribution in [0.4, 0.5) is 5.69 Å². The zero-order chi connectivity index (χ0) is 35.6. The van der Waals surface area contributed by atoms with Crippen molar-refractivity contribution in [3.63, 3.8) is 0 Å². The molecule has 9 aromatic rings. The fourth-order valence-electron chi connectivity index (χ4n) is 6.77. The average molecular weight is 680 g/mol. The van der Waals surface area contributed by atoms with E-state index >= 15 is 0 Å². The Balaban J connectivity index is 1.08. The van der Waals surface area contributed by atoms with E-state index < -0.39 is 0 Å². The highest BCUT2D eigenvalue weighted by Gasteiger charge is 2.14. The minimum Gasteiger partial charge on any atom is -0.399 e. The first-order valence-corrected chi connectivity index (χ1v) is 17.6. The van der Waals surface area contributed by atoms with Crippen LogP contribution in [-0.4, -0.2) is 19.9 Å². The van der Waals surface area contributed by atoms with Crippen molar-refractivity contribution in [3.05, 3.63) is 188 Å². The zero-order valence-electron chi connectivity index (χ0n) is 28.8. The number of anilines is 1. The summed E-state index contributed by atoms with van der Waals surface area (Å²) in [6.07, 6.45) is 1.95. The molecule has 0 spiro atoms. The SMILES string of the molecule is Nc1cccc(-c2cccc(-c3nc(-c4ccccc4)nc(-c4ccc(-c5cnc6cccc(-c7cccc(-c8ccccc8)c7)c6c5)cc4)n3)c2)c1. The van der Waals surface area contributed by atoms with Gasteiger partial charge in [0, 0.05) is 39.5 Å². The third-order valence-electron chi connectivity index (χ3n) is 9.49. The first-order valence-electron chi connectivity index (χ1n) is 17.6. The van der Waals surface area contributed by atoms with Crippen LogP contribution in [0.15, 0.2) is 188 Å². The molecule has 53 heavy (non-hydrogen) atoms. The zero-order valence-corrected chi connectivity index (χ0v) is 28.8. The molecule has 0 atom stereocenters. The van der Waals surface area contributed by atoms with Gasteiger partial charge in [0.15, 0.2) is 17.5 Å². The van der Waals surface area contributed by atoms with Gasteiger partial charge in [0.1, 0.15) is 0 Å². The quantitative estimate of drug-likeness (QED) is 0.170. The molecule has 0 aliphatic rings. The minimum atomic E-state index is 0.603. The minimum absolute atomic E-state index is 0.603.